The van der Waals surface area contributed by atoms with Crippen LogP contribution in [0.25, 0.3) is 21.8 Å². The molecule has 1 aromatic heterocycles. The number of ether oxygens (including phenoxy) is 4. The number of rotatable bonds is 8. The van der Waals surface area contributed by atoms with E-state index in [4.69, 9.17) is 24.7 Å². The molecule has 0 saturated heterocycles. The van der Waals surface area contributed by atoms with Gasteiger partial charge in [-0.25, -0.2) is 4.79 Å². The van der Waals surface area contributed by atoms with Crippen LogP contribution in [-0.2, 0) is 16.7 Å². The fourth-order valence-corrected chi connectivity index (χ4v) is 5.61. The fourth-order valence-electron chi connectivity index (χ4n) is 5.12. The van der Waals surface area contributed by atoms with E-state index < -0.39 is 27.7 Å². The highest BCUT2D eigenvalue weighted by Crippen LogP contribution is 2.38. The van der Waals surface area contributed by atoms with Crippen LogP contribution in [0.4, 0.5) is 0 Å². The van der Waals surface area contributed by atoms with Crippen LogP contribution in [0.15, 0.2) is 42.5 Å². The van der Waals surface area contributed by atoms with Crippen molar-refractivity contribution >= 4 is 43.8 Å². The van der Waals surface area contributed by atoms with Gasteiger partial charge in [0.15, 0.2) is 18.0 Å². The Morgan fingerprint density at radius 3 is 2.22 bits per heavy atom. The van der Waals surface area contributed by atoms with Gasteiger partial charge in [0.05, 0.1) is 35.3 Å². The predicted molar refractivity (Wildman–Crippen MR) is 150 cm³/mol. The molecule has 5 rings (SSSR count). The predicted octanol–water partition coefficient (Wildman–Crippen LogP) is 3.27. The topological polar surface area (TPSA) is 155 Å². The first-order chi connectivity index (χ1) is 19.5. The number of primary amides is 1. The summed E-state index contributed by atoms with van der Waals surface area (Å²) in [6.07, 6.45) is 0.114. The Morgan fingerprint density at radius 2 is 1.61 bits per heavy atom. The Hall–Kier alpha value is -4.42. The van der Waals surface area contributed by atoms with Gasteiger partial charge in [-0.05, 0) is 55.3 Å². The number of aromatic nitrogens is 1. The van der Waals surface area contributed by atoms with Gasteiger partial charge in [-0.2, -0.15) is 13.0 Å². The number of carbonyl (C=O) groups is 2. The summed E-state index contributed by atoms with van der Waals surface area (Å²) in [6.45, 7) is 4.33. The molecule has 214 valence electrons. The maximum atomic E-state index is 14.0. The van der Waals surface area contributed by atoms with Crippen molar-refractivity contribution in [2.75, 3.05) is 26.1 Å². The van der Waals surface area contributed by atoms with Gasteiger partial charge in [0, 0.05) is 18.1 Å². The molecule has 0 aliphatic carbocycles. The minimum atomic E-state index is -4.18. The molecule has 1 amide bonds. The molecule has 3 aromatic carbocycles. The summed E-state index contributed by atoms with van der Waals surface area (Å²) in [7, 11) is -2.67. The lowest BCUT2D eigenvalue weighted by atomic mass is 10.00. The number of hydrogen-bond donors (Lipinski definition) is 2. The van der Waals surface area contributed by atoms with E-state index in [-0.39, 0.29) is 18.5 Å². The first-order valence-corrected chi connectivity index (χ1v) is 14.4. The normalized spacial score (nSPS) is 12.9. The average Bonchev–Trinajstić information content (AvgIpc) is 2.92. The maximum Gasteiger partial charge on any atom is 0.345 e. The Labute approximate surface area is 236 Å². The van der Waals surface area contributed by atoms with E-state index in [0.717, 1.165) is 0 Å². The van der Waals surface area contributed by atoms with Crippen molar-refractivity contribution in [1.82, 2.24) is 0 Å². The van der Waals surface area contributed by atoms with E-state index in [1.54, 1.807) is 56.3 Å². The second kappa shape index (κ2) is 10.9. The molecule has 0 unspecified atom stereocenters. The second-order valence-corrected chi connectivity index (χ2v) is 11.3. The van der Waals surface area contributed by atoms with Gasteiger partial charge in [-0.3, -0.25) is 9.35 Å². The van der Waals surface area contributed by atoms with Gasteiger partial charge >= 0.3 is 5.97 Å². The van der Waals surface area contributed by atoms with Gasteiger partial charge in [-0.1, -0.05) is 0 Å². The highest BCUT2D eigenvalue weighted by molar-refractivity contribution is 7.85. The van der Waals surface area contributed by atoms with Gasteiger partial charge in [0.2, 0.25) is 16.9 Å². The molecule has 0 atom stereocenters. The lowest BCUT2D eigenvalue weighted by Gasteiger charge is -2.20. The Kier molecular flexibility index (Phi) is 7.45. The van der Waals surface area contributed by atoms with Crippen LogP contribution in [0.3, 0.4) is 0 Å². The van der Waals surface area contributed by atoms with E-state index in [0.29, 0.717) is 74.7 Å². The molecule has 0 fully saturated rings. The Balaban J connectivity index is 1.75. The van der Waals surface area contributed by atoms with Crippen molar-refractivity contribution in [3.8, 4) is 23.0 Å². The molecule has 3 N–H and O–H groups in total. The minimum Gasteiger partial charge on any atom is -0.497 e. The van der Waals surface area contributed by atoms with Gasteiger partial charge in [0.25, 0.3) is 10.1 Å². The zero-order valence-electron chi connectivity index (χ0n) is 22.7. The average molecular weight is 582 g/mol. The lowest BCUT2D eigenvalue weighted by molar-refractivity contribution is -0.645. The van der Waals surface area contributed by atoms with Gasteiger partial charge in [-0.15, -0.1) is 0 Å². The van der Waals surface area contributed by atoms with Crippen molar-refractivity contribution in [3.05, 3.63) is 64.7 Å². The van der Waals surface area contributed by atoms with Crippen molar-refractivity contribution < 1.29 is 46.1 Å². The molecule has 1 aliphatic heterocycles. The van der Waals surface area contributed by atoms with Crippen molar-refractivity contribution in [3.63, 3.8) is 0 Å². The standard InChI is InChI=1S/C29H28N2O9S/c1-16-11-18(28(30)32)12-17(2)27(16)40-29(33)26-20-13-19(37-3)5-6-22(20)31(7-4-10-41(34,35)36)23-15-25-24(14-21(23)26)38-8-9-39-25/h5-6,11-15H,4,7-10H2,1-3H3,(H2-,30,32,34,35,36)/p+1. The number of fused-ring (bicyclic) bond motifs is 3. The maximum absolute atomic E-state index is 14.0. The summed E-state index contributed by atoms with van der Waals surface area (Å²) in [5.41, 5.74) is 8.28. The Bertz CT molecular complexity index is 1810. The zero-order valence-corrected chi connectivity index (χ0v) is 23.5. The second-order valence-electron chi connectivity index (χ2n) is 9.76. The van der Waals surface area contributed by atoms with Gasteiger partial charge < -0.3 is 24.7 Å². The molecule has 0 radical (unpaired) electrons. The molecule has 0 bridgehead atoms. The number of nitrogens with zero attached hydrogens (tertiary/aromatic N) is 1. The third kappa shape index (κ3) is 5.61. The largest absolute Gasteiger partial charge is 0.497 e. The quantitative estimate of drug-likeness (QED) is 0.105. The third-order valence-electron chi connectivity index (χ3n) is 6.91. The molecule has 41 heavy (non-hydrogen) atoms. The third-order valence-corrected chi connectivity index (χ3v) is 7.72. The summed E-state index contributed by atoms with van der Waals surface area (Å²) in [5, 5.41) is 0.977. The lowest BCUT2D eigenvalue weighted by Crippen LogP contribution is -2.37. The summed E-state index contributed by atoms with van der Waals surface area (Å²) >= 11 is 0. The minimum absolute atomic E-state index is 0.114. The smallest absolute Gasteiger partial charge is 0.345 e. The molecule has 12 heteroatoms. The SMILES string of the molecule is COc1ccc2c(c1)c(C(=O)Oc1c(C)cc(C(N)=O)cc1C)c1cc3c(cc1[n+]2CCCS(=O)(=O)O)OCCO3. The van der Waals surface area contributed by atoms with E-state index >= 15 is 0 Å². The molecular weight excluding hydrogens is 552 g/mol. The van der Waals surface area contributed by atoms with Crippen LogP contribution in [0.2, 0.25) is 0 Å². The van der Waals surface area contributed by atoms with Crippen LogP contribution >= 0.6 is 0 Å². The van der Waals surface area contributed by atoms with E-state index in [2.05, 4.69) is 0 Å². The van der Waals surface area contributed by atoms with Crippen LogP contribution < -0.4 is 29.2 Å². The molecule has 2 heterocycles. The summed E-state index contributed by atoms with van der Waals surface area (Å²) < 4.78 is 57.1. The monoisotopic (exact) mass is 581 g/mol. The molecular formula is C29H29N2O9S+. The molecule has 4 aromatic rings. The number of amides is 1. The number of carbonyl (C=O) groups excluding carboxylic acids is 2. The number of pyridine rings is 1. The fraction of sp³-hybridized carbons (Fsp3) is 0.276. The number of esters is 1. The van der Waals surface area contributed by atoms with Crippen LogP contribution in [0.1, 0.15) is 38.3 Å². The van der Waals surface area contributed by atoms with E-state index in [1.165, 1.54) is 7.11 Å². The summed E-state index contributed by atoms with van der Waals surface area (Å²) in [5.74, 6) is 0.0290. The molecule has 11 nitrogen and oxygen atoms in total. The van der Waals surface area contributed by atoms with Crippen molar-refractivity contribution in [2.24, 2.45) is 5.73 Å². The number of nitrogens with two attached hydrogens (primary N) is 1. The van der Waals surface area contributed by atoms with Crippen LogP contribution in [0, 0.1) is 13.8 Å². The summed E-state index contributed by atoms with van der Waals surface area (Å²) in [6, 6.07) is 11.8. The zero-order chi connectivity index (χ0) is 29.5. The van der Waals surface area contributed by atoms with E-state index in [9.17, 15) is 22.6 Å². The first kappa shape index (κ1) is 28.1. The highest BCUT2D eigenvalue weighted by Gasteiger charge is 2.30. The number of methoxy groups -OCH3 is 1. The highest BCUT2D eigenvalue weighted by atomic mass is 32.2. The number of hydrogen-bond acceptors (Lipinski definition) is 8. The van der Waals surface area contributed by atoms with E-state index in [1.807, 2.05) is 4.57 Å². The molecule has 0 saturated carbocycles. The molecule has 1 aliphatic rings. The summed E-state index contributed by atoms with van der Waals surface area (Å²) in [4.78, 5) is 25.8. The number of benzene rings is 3. The Morgan fingerprint density at radius 1 is 0.976 bits per heavy atom. The van der Waals surface area contributed by atoms with Crippen molar-refractivity contribution in [1.29, 1.82) is 0 Å². The van der Waals surface area contributed by atoms with Crippen molar-refractivity contribution in [2.45, 2.75) is 26.8 Å². The number of aryl methyl sites for hydroxylation is 3. The van der Waals surface area contributed by atoms with Gasteiger partial charge in [0.1, 0.15) is 24.7 Å². The van der Waals surface area contributed by atoms with Crippen LogP contribution in [0.5, 0.6) is 23.0 Å². The first-order valence-electron chi connectivity index (χ1n) is 12.8. The van der Waals surface area contributed by atoms with Crippen LogP contribution in [-0.4, -0.2) is 50.9 Å². The molecule has 0 spiro atoms.